The smallest absolute Gasteiger partial charge is 0.238 e. The van der Waals surface area contributed by atoms with Crippen LogP contribution in [0.5, 0.6) is 0 Å². The molecule has 0 bridgehead atoms. The van der Waals surface area contributed by atoms with Gasteiger partial charge in [0, 0.05) is 11.4 Å². The van der Waals surface area contributed by atoms with Crippen molar-refractivity contribution in [1.29, 1.82) is 5.26 Å². The molecule has 2 aromatic carbocycles. The van der Waals surface area contributed by atoms with Crippen LogP contribution >= 0.6 is 0 Å². The highest BCUT2D eigenvalue weighted by Gasteiger charge is 2.14. The lowest BCUT2D eigenvalue weighted by Gasteiger charge is -2.13. The normalized spacial score (nSPS) is 10.9. The van der Waals surface area contributed by atoms with E-state index in [0.29, 0.717) is 28.9 Å². The van der Waals surface area contributed by atoms with E-state index in [9.17, 15) is 12.8 Å². The Labute approximate surface area is 179 Å². The van der Waals surface area contributed by atoms with Crippen LogP contribution in [0.2, 0.25) is 0 Å². The maximum Gasteiger partial charge on any atom is 0.238 e. The van der Waals surface area contributed by atoms with Gasteiger partial charge in [-0.2, -0.15) is 10.2 Å². The SMILES string of the molecule is C=CCc1cc(C#N)ccc1Nc1nc(Nc2ccc(C)c(S(N)(=O)=O)c2)ncc1F. The van der Waals surface area contributed by atoms with E-state index in [1.165, 1.54) is 6.07 Å². The standard InChI is InChI=1S/C21H19FN6O2S/c1-3-4-15-9-14(11-23)6-8-18(15)27-20-17(22)12-25-21(28-20)26-16-7-5-13(2)19(10-16)31(24,29)30/h3,5-10,12H,1,4H2,2H3,(H2,24,29,30)(H2,25,26,27,28). The molecular formula is C21H19FN6O2S. The Balaban J connectivity index is 1.92. The molecule has 0 saturated carbocycles. The maximum absolute atomic E-state index is 14.3. The minimum atomic E-state index is -3.90. The lowest BCUT2D eigenvalue weighted by Crippen LogP contribution is -2.14. The first kappa shape index (κ1) is 21.9. The minimum Gasteiger partial charge on any atom is -0.337 e. The van der Waals surface area contributed by atoms with Crippen LogP contribution in [-0.2, 0) is 16.4 Å². The van der Waals surface area contributed by atoms with Gasteiger partial charge in [-0.05, 0) is 54.8 Å². The number of nitriles is 1. The van der Waals surface area contributed by atoms with Gasteiger partial charge in [0.15, 0.2) is 11.6 Å². The van der Waals surface area contributed by atoms with Gasteiger partial charge in [-0.3, -0.25) is 0 Å². The van der Waals surface area contributed by atoms with Gasteiger partial charge >= 0.3 is 0 Å². The van der Waals surface area contributed by atoms with E-state index >= 15 is 0 Å². The molecule has 0 aliphatic carbocycles. The Kier molecular flexibility index (Phi) is 6.29. The Morgan fingerprint density at radius 1 is 1.26 bits per heavy atom. The summed E-state index contributed by atoms with van der Waals surface area (Å²) in [6, 6.07) is 11.6. The third-order valence-electron chi connectivity index (χ3n) is 4.35. The van der Waals surface area contributed by atoms with Crippen molar-refractivity contribution in [3.8, 4) is 6.07 Å². The van der Waals surface area contributed by atoms with Gasteiger partial charge in [-0.1, -0.05) is 12.1 Å². The first-order valence-electron chi connectivity index (χ1n) is 9.05. The fourth-order valence-corrected chi connectivity index (χ4v) is 3.67. The number of primary sulfonamides is 1. The van der Waals surface area contributed by atoms with Gasteiger partial charge in [-0.25, -0.2) is 22.9 Å². The average Bonchev–Trinajstić information content (AvgIpc) is 2.72. The van der Waals surface area contributed by atoms with Crippen LogP contribution in [0.25, 0.3) is 0 Å². The van der Waals surface area contributed by atoms with E-state index in [1.54, 1.807) is 43.3 Å². The number of sulfonamides is 1. The summed E-state index contributed by atoms with van der Waals surface area (Å²) >= 11 is 0. The predicted octanol–water partition coefficient (Wildman–Crippen LogP) is 3.66. The van der Waals surface area contributed by atoms with Gasteiger partial charge in [0.05, 0.1) is 22.7 Å². The third kappa shape index (κ3) is 5.22. The molecule has 0 saturated heterocycles. The Hall–Kier alpha value is -3.81. The molecule has 0 radical (unpaired) electrons. The van der Waals surface area contributed by atoms with Gasteiger partial charge in [0.2, 0.25) is 16.0 Å². The topological polar surface area (TPSA) is 134 Å². The number of nitrogens with two attached hydrogens (primary N) is 1. The highest BCUT2D eigenvalue weighted by molar-refractivity contribution is 7.89. The zero-order valence-corrected chi connectivity index (χ0v) is 17.4. The number of anilines is 4. The second-order valence-electron chi connectivity index (χ2n) is 6.64. The molecule has 4 N–H and O–H groups in total. The number of aromatic nitrogens is 2. The number of rotatable bonds is 7. The molecule has 10 heteroatoms. The van der Waals surface area contributed by atoms with Crippen LogP contribution in [0, 0.1) is 24.1 Å². The van der Waals surface area contributed by atoms with Crippen molar-refractivity contribution in [1.82, 2.24) is 9.97 Å². The van der Waals surface area contributed by atoms with Crippen LogP contribution in [0.4, 0.5) is 27.5 Å². The van der Waals surface area contributed by atoms with Crippen molar-refractivity contribution in [2.75, 3.05) is 10.6 Å². The molecule has 0 spiro atoms. The lowest BCUT2D eigenvalue weighted by atomic mass is 10.1. The van der Waals surface area contributed by atoms with E-state index in [2.05, 4.69) is 33.2 Å². The second-order valence-corrected chi connectivity index (χ2v) is 8.17. The van der Waals surface area contributed by atoms with Gasteiger partial charge in [-0.15, -0.1) is 6.58 Å². The number of halogens is 1. The number of nitrogens with zero attached hydrogens (tertiary/aromatic N) is 3. The molecule has 1 aromatic heterocycles. The van der Waals surface area contributed by atoms with Crippen molar-refractivity contribution >= 4 is 33.2 Å². The van der Waals surface area contributed by atoms with E-state index in [0.717, 1.165) is 11.8 Å². The molecule has 0 amide bonds. The molecule has 3 rings (SSSR count). The summed E-state index contributed by atoms with van der Waals surface area (Å²) in [5.74, 6) is -0.730. The third-order valence-corrected chi connectivity index (χ3v) is 5.40. The van der Waals surface area contributed by atoms with E-state index in [4.69, 9.17) is 10.4 Å². The fraction of sp³-hybridized carbons (Fsp3) is 0.0952. The zero-order valence-electron chi connectivity index (χ0n) is 16.6. The number of nitrogens with one attached hydrogen (secondary N) is 2. The Bertz CT molecular complexity index is 1300. The molecule has 158 valence electrons. The van der Waals surface area contributed by atoms with Crippen LogP contribution in [0.15, 0.2) is 60.1 Å². The van der Waals surface area contributed by atoms with E-state index < -0.39 is 15.8 Å². The van der Waals surface area contributed by atoms with Crippen LogP contribution < -0.4 is 15.8 Å². The van der Waals surface area contributed by atoms with Crippen LogP contribution in [0.1, 0.15) is 16.7 Å². The molecule has 1 heterocycles. The van der Waals surface area contributed by atoms with Crippen LogP contribution in [-0.4, -0.2) is 18.4 Å². The first-order valence-corrected chi connectivity index (χ1v) is 10.6. The molecule has 0 aliphatic rings. The molecule has 31 heavy (non-hydrogen) atoms. The molecule has 0 atom stereocenters. The van der Waals surface area contributed by atoms with Gasteiger partial charge in [0.25, 0.3) is 0 Å². The molecule has 0 unspecified atom stereocenters. The number of hydrogen-bond donors (Lipinski definition) is 3. The van der Waals surface area contributed by atoms with E-state index in [1.807, 2.05) is 0 Å². The number of hydrogen-bond acceptors (Lipinski definition) is 7. The van der Waals surface area contributed by atoms with Crippen molar-refractivity contribution in [2.24, 2.45) is 5.14 Å². The van der Waals surface area contributed by atoms with Crippen molar-refractivity contribution in [2.45, 2.75) is 18.2 Å². The zero-order chi connectivity index (χ0) is 22.6. The van der Waals surface area contributed by atoms with Crippen molar-refractivity contribution < 1.29 is 12.8 Å². The minimum absolute atomic E-state index is 0.0374. The quantitative estimate of drug-likeness (QED) is 0.479. The summed E-state index contributed by atoms with van der Waals surface area (Å²) < 4.78 is 37.8. The summed E-state index contributed by atoms with van der Waals surface area (Å²) in [5, 5.41) is 20.1. The van der Waals surface area contributed by atoms with Crippen LogP contribution in [0.3, 0.4) is 0 Å². The first-order chi connectivity index (χ1) is 14.7. The average molecular weight is 438 g/mol. The molecule has 0 aliphatic heterocycles. The van der Waals surface area contributed by atoms with E-state index in [-0.39, 0.29) is 16.7 Å². The number of allylic oxidation sites excluding steroid dienone is 1. The second kappa shape index (κ2) is 8.91. The molecule has 8 nitrogen and oxygen atoms in total. The summed E-state index contributed by atoms with van der Waals surface area (Å²) in [7, 11) is -3.90. The highest BCUT2D eigenvalue weighted by atomic mass is 32.2. The monoisotopic (exact) mass is 438 g/mol. The van der Waals surface area contributed by atoms with Gasteiger partial charge in [0.1, 0.15) is 0 Å². The maximum atomic E-state index is 14.3. The van der Waals surface area contributed by atoms with Crippen molar-refractivity contribution in [3.05, 3.63) is 77.8 Å². The predicted molar refractivity (Wildman–Crippen MR) is 116 cm³/mol. The Morgan fingerprint density at radius 3 is 2.71 bits per heavy atom. The fourth-order valence-electron chi connectivity index (χ4n) is 2.87. The summed E-state index contributed by atoms with van der Waals surface area (Å²) in [5.41, 5.74) is 2.65. The summed E-state index contributed by atoms with van der Waals surface area (Å²) in [6.07, 6.45) is 3.13. The summed E-state index contributed by atoms with van der Waals surface area (Å²) in [6.45, 7) is 5.32. The van der Waals surface area contributed by atoms with Crippen molar-refractivity contribution in [3.63, 3.8) is 0 Å². The summed E-state index contributed by atoms with van der Waals surface area (Å²) in [4.78, 5) is 8.00. The highest BCUT2D eigenvalue weighted by Crippen LogP contribution is 2.26. The number of benzene rings is 2. The molecule has 3 aromatic rings. The lowest BCUT2D eigenvalue weighted by molar-refractivity contribution is 0.597. The number of aryl methyl sites for hydroxylation is 1. The van der Waals surface area contributed by atoms with Gasteiger partial charge < -0.3 is 10.6 Å². The molecule has 0 fully saturated rings. The Morgan fingerprint density at radius 2 is 2.03 bits per heavy atom. The largest absolute Gasteiger partial charge is 0.337 e. The molecular weight excluding hydrogens is 419 g/mol.